The molecule has 3 aromatic carbocycles. The molecule has 3 aromatic rings. The van der Waals surface area contributed by atoms with Crippen molar-refractivity contribution < 1.29 is 13.2 Å². The van der Waals surface area contributed by atoms with E-state index in [1.165, 1.54) is 24.3 Å². The minimum atomic E-state index is -3.96. The topological polar surface area (TPSA) is 66.5 Å². The molecule has 162 valence electrons. The number of hydrogen-bond acceptors (Lipinski definition) is 3. The van der Waals surface area contributed by atoms with Gasteiger partial charge in [-0.2, -0.15) is 0 Å². The Bertz CT molecular complexity index is 1120. The third-order valence-electron chi connectivity index (χ3n) is 4.96. The lowest BCUT2D eigenvalue weighted by Crippen LogP contribution is -2.42. The van der Waals surface area contributed by atoms with Gasteiger partial charge in [-0.05, 0) is 55.3 Å². The predicted octanol–water partition coefficient (Wildman–Crippen LogP) is 5.11. The molecule has 0 aliphatic rings. The molecule has 31 heavy (non-hydrogen) atoms. The normalized spacial score (nSPS) is 12.2. The zero-order chi connectivity index (χ0) is 22.4. The summed E-state index contributed by atoms with van der Waals surface area (Å²) >= 11 is 5.91. The lowest BCUT2D eigenvalue weighted by atomic mass is 10.0. The van der Waals surface area contributed by atoms with Crippen LogP contribution in [-0.2, 0) is 14.8 Å². The van der Waals surface area contributed by atoms with E-state index < -0.39 is 10.0 Å². The van der Waals surface area contributed by atoms with Gasteiger partial charge in [0.15, 0.2) is 0 Å². The largest absolute Gasteiger partial charge is 0.348 e. The molecule has 1 N–H and O–H groups in total. The number of carbonyl (C=O) groups excluding carboxylic acids is 1. The molecule has 5 nitrogen and oxygen atoms in total. The number of aryl methyl sites for hydroxylation is 1. The first-order chi connectivity index (χ1) is 14.8. The Morgan fingerprint density at radius 3 is 2.16 bits per heavy atom. The Labute approximate surface area is 188 Å². The van der Waals surface area contributed by atoms with Crippen molar-refractivity contribution in [2.75, 3.05) is 10.8 Å². The van der Waals surface area contributed by atoms with Gasteiger partial charge in [-0.3, -0.25) is 9.10 Å². The van der Waals surface area contributed by atoms with Gasteiger partial charge in [0.1, 0.15) is 6.54 Å². The van der Waals surface area contributed by atoms with E-state index in [9.17, 15) is 13.2 Å². The molecule has 0 aliphatic heterocycles. The molecule has 0 spiro atoms. The molecule has 0 aromatic heterocycles. The smallest absolute Gasteiger partial charge is 0.264 e. The highest BCUT2D eigenvalue weighted by Crippen LogP contribution is 2.25. The average Bonchev–Trinajstić information content (AvgIpc) is 2.77. The number of benzene rings is 3. The number of nitrogens with one attached hydrogen (secondary N) is 1. The van der Waals surface area contributed by atoms with Crippen molar-refractivity contribution in [3.8, 4) is 0 Å². The van der Waals surface area contributed by atoms with Gasteiger partial charge < -0.3 is 5.32 Å². The van der Waals surface area contributed by atoms with Crippen molar-refractivity contribution >= 4 is 33.2 Å². The summed E-state index contributed by atoms with van der Waals surface area (Å²) in [5, 5.41) is 3.41. The number of nitrogens with zero attached hydrogens (tertiary/aromatic N) is 1. The Kier molecular flexibility index (Phi) is 7.36. The van der Waals surface area contributed by atoms with Crippen molar-refractivity contribution in [3.05, 3.63) is 95.0 Å². The van der Waals surface area contributed by atoms with E-state index in [4.69, 9.17) is 11.6 Å². The molecular weight excluding hydrogens is 432 g/mol. The SMILES string of the molecule is CC[C@H](NC(=O)CN(c1ccccc1)S(=O)(=O)c1ccc(Cl)cc1)c1ccc(C)cc1. The van der Waals surface area contributed by atoms with E-state index in [0.717, 1.165) is 15.4 Å². The standard InChI is InChI=1S/C24H25ClN2O3S/c1-3-23(19-11-9-18(2)10-12-19)26-24(28)17-27(21-7-5-4-6-8-21)31(29,30)22-15-13-20(25)14-16-22/h4-16,23H,3,17H2,1-2H3,(H,26,28)/t23-/m0/s1. The van der Waals surface area contributed by atoms with Gasteiger partial charge in [0.25, 0.3) is 10.0 Å². The van der Waals surface area contributed by atoms with E-state index in [2.05, 4.69) is 5.32 Å². The van der Waals surface area contributed by atoms with Crippen LogP contribution < -0.4 is 9.62 Å². The summed E-state index contributed by atoms with van der Waals surface area (Å²) in [5.74, 6) is -0.381. The average molecular weight is 457 g/mol. The van der Waals surface area contributed by atoms with Gasteiger partial charge in [-0.15, -0.1) is 0 Å². The monoisotopic (exact) mass is 456 g/mol. The summed E-state index contributed by atoms with van der Waals surface area (Å²) in [6, 6.07) is 22.2. The Morgan fingerprint density at radius 1 is 0.968 bits per heavy atom. The number of carbonyl (C=O) groups is 1. The van der Waals surface area contributed by atoms with E-state index in [0.29, 0.717) is 17.1 Å². The van der Waals surface area contributed by atoms with E-state index in [1.807, 2.05) is 38.1 Å². The molecule has 0 heterocycles. The van der Waals surface area contributed by atoms with Gasteiger partial charge in [0.2, 0.25) is 5.91 Å². The Morgan fingerprint density at radius 2 is 1.58 bits per heavy atom. The molecule has 0 aliphatic carbocycles. The number of para-hydroxylation sites is 1. The second kappa shape index (κ2) is 9.98. The van der Waals surface area contributed by atoms with Crippen LogP contribution in [0.2, 0.25) is 5.02 Å². The molecule has 7 heteroatoms. The van der Waals surface area contributed by atoms with E-state index in [-0.39, 0.29) is 23.4 Å². The van der Waals surface area contributed by atoms with Crippen LogP contribution in [-0.4, -0.2) is 20.9 Å². The van der Waals surface area contributed by atoms with Crippen LogP contribution in [0.4, 0.5) is 5.69 Å². The second-order valence-electron chi connectivity index (χ2n) is 7.24. The van der Waals surface area contributed by atoms with Crippen molar-refractivity contribution in [3.63, 3.8) is 0 Å². The summed E-state index contributed by atoms with van der Waals surface area (Å²) in [7, 11) is -3.96. The maximum atomic E-state index is 13.3. The summed E-state index contributed by atoms with van der Waals surface area (Å²) in [6.07, 6.45) is 0.685. The van der Waals surface area contributed by atoms with Crippen LogP contribution in [0.1, 0.15) is 30.5 Å². The molecule has 0 saturated heterocycles. The zero-order valence-corrected chi connectivity index (χ0v) is 19.0. The molecule has 0 unspecified atom stereocenters. The van der Waals surface area contributed by atoms with Crippen LogP contribution in [0.3, 0.4) is 0 Å². The Hall–Kier alpha value is -2.83. The van der Waals surface area contributed by atoms with Crippen LogP contribution >= 0.6 is 11.6 Å². The third kappa shape index (κ3) is 5.66. The number of rotatable bonds is 8. The molecule has 0 bridgehead atoms. The first kappa shape index (κ1) is 22.8. The molecular formula is C24H25ClN2O3S. The first-order valence-corrected chi connectivity index (χ1v) is 11.8. The highest BCUT2D eigenvalue weighted by atomic mass is 35.5. The highest BCUT2D eigenvalue weighted by molar-refractivity contribution is 7.92. The maximum Gasteiger partial charge on any atom is 0.264 e. The van der Waals surface area contributed by atoms with Crippen LogP contribution in [0.5, 0.6) is 0 Å². The van der Waals surface area contributed by atoms with Crippen molar-refractivity contribution in [2.45, 2.75) is 31.2 Å². The van der Waals surface area contributed by atoms with Gasteiger partial charge in [-0.25, -0.2) is 8.42 Å². The fourth-order valence-corrected chi connectivity index (χ4v) is 4.78. The minimum Gasteiger partial charge on any atom is -0.348 e. The number of anilines is 1. The zero-order valence-electron chi connectivity index (χ0n) is 17.5. The van der Waals surface area contributed by atoms with Crippen molar-refractivity contribution in [2.24, 2.45) is 0 Å². The third-order valence-corrected chi connectivity index (χ3v) is 7.00. The fraction of sp³-hybridized carbons (Fsp3) is 0.208. The number of halogens is 1. The van der Waals surface area contributed by atoms with E-state index >= 15 is 0 Å². The summed E-state index contributed by atoms with van der Waals surface area (Å²) in [5.41, 5.74) is 2.53. The van der Waals surface area contributed by atoms with Gasteiger partial charge in [0, 0.05) is 5.02 Å². The quantitative estimate of drug-likeness (QED) is 0.512. The van der Waals surface area contributed by atoms with Crippen molar-refractivity contribution in [1.82, 2.24) is 5.32 Å². The maximum absolute atomic E-state index is 13.3. The number of amides is 1. The van der Waals surface area contributed by atoms with Crippen LogP contribution in [0, 0.1) is 6.92 Å². The van der Waals surface area contributed by atoms with Gasteiger partial charge in [0.05, 0.1) is 16.6 Å². The van der Waals surface area contributed by atoms with Gasteiger partial charge >= 0.3 is 0 Å². The van der Waals surface area contributed by atoms with Gasteiger partial charge in [-0.1, -0.05) is 66.6 Å². The minimum absolute atomic E-state index is 0.0686. The first-order valence-electron chi connectivity index (χ1n) is 10.0. The summed E-state index contributed by atoms with van der Waals surface area (Å²) in [4.78, 5) is 13.0. The molecule has 0 saturated carbocycles. The van der Waals surface area contributed by atoms with Crippen LogP contribution in [0.25, 0.3) is 0 Å². The number of hydrogen-bond donors (Lipinski definition) is 1. The predicted molar refractivity (Wildman–Crippen MR) is 125 cm³/mol. The van der Waals surface area contributed by atoms with Crippen LogP contribution in [0.15, 0.2) is 83.8 Å². The molecule has 0 radical (unpaired) electrons. The number of sulfonamides is 1. The highest BCUT2D eigenvalue weighted by Gasteiger charge is 2.28. The summed E-state index contributed by atoms with van der Waals surface area (Å²) in [6.45, 7) is 3.64. The summed E-state index contributed by atoms with van der Waals surface area (Å²) < 4.78 is 27.8. The second-order valence-corrected chi connectivity index (χ2v) is 9.54. The molecule has 1 atom stereocenters. The van der Waals surface area contributed by atoms with E-state index in [1.54, 1.807) is 30.3 Å². The lowest BCUT2D eigenvalue weighted by molar-refractivity contribution is -0.120. The van der Waals surface area contributed by atoms with Crippen molar-refractivity contribution in [1.29, 1.82) is 0 Å². The molecule has 3 rings (SSSR count). The fourth-order valence-electron chi connectivity index (χ4n) is 3.23. The molecule has 0 fully saturated rings. The molecule has 1 amide bonds. The Balaban J connectivity index is 1.87. The lowest BCUT2D eigenvalue weighted by Gasteiger charge is -2.25.